The SMILES string of the molecule is O=C(CSc1ccc(Br)cc1)N1CCCN(CCO)CC1. The van der Waals surface area contributed by atoms with Gasteiger partial charge in [-0.25, -0.2) is 0 Å². The van der Waals surface area contributed by atoms with Crippen LogP contribution < -0.4 is 0 Å². The van der Waals surface area contributed by atoms with Gasteiger partial charge >= 0.3 is 0 Å². The van der Waals surface area contributed by atoms with Gasteiger partial charge in [-0.2, -0.15) is 0 Å². The summed E-state index contributed by atoms with van der Waals surface area (Å²) in [5.41, 5.74) is 0. The molecule has 2 rings (SSSR count). The van der Waals surface area contributed by atoms with Crippen molar-refractivity contribution in [1.29, 1.82) is 0 Å². The summed E-state index contributed by atoms with van der Waals surface area (Å²) in [6.07, 6.45) is 0.981. The molecule has 0 bridgehead atoms. The van der Waals surface area contributed by atoms with Crippen LogP contribution in [0.5, 0.6) is 0 Å². The highest BCUT2D eigenvalue weighted by Crippen LogP contribution is 2.21. The molecule has 21 heavy (non-hydrogen) atoms. The number of nitrogens with zero attached hydrogens (tertiary/aromatic N) is 2. The van der Waals surface area contributed by atoms with Gasteiger partial charge in [-0.3, -0.25) is 9.69 Å². The lowest BCUT2D eigenvalue weighted by Gasteiger charge is -2.21. The van der Waals surface area contributed by atoms with E-state index in [4.69, 9.17) is 5.11 Å². The number of aliphatic hydroxyl groups excluding tert-OH is 1. The van der Waals surface area contributed by atoms with E-state index < -0.39 is 0 Å². The second-order valence-electron chi connectivity index (χ2n) is 5.04. The van der Waals surface area contributed by atoms with Crippen LogP contribution >= 0.6 is 27.7 Å². The largest absolute Gasteiger partial charge is 0.395 e. The first-order chi connectivity index (χ1) is 10.2. The Labute approximate surface area is 138 Å². The summed E-state index contributed by atoms with van der Waals surface area (Å²) in [6, 6.07) is 8.03. The molecule has 1 aliphatic heterocycles. The minimum atomic E-state index is 0.188. The average Bonchev–Trinajstić information content (AvgIpc) is 2.72. The van der Waals surface area contributed by atoms with Gasteiger partial charge in [-0.15, -0.1) is 11.8 Å². The number of thioether (sulfide) groups is 1. The number of hydrogen-bond donors (Lipinski definition) is 1. The molecule has 116 valence electrons. The van der Waals surface area contributed by atoms with E-state index in [2.05, 4.69) is 20.8 Å². The summed E-state index contributed by atoms with van der Waals surface area (Å²) in [6.45, 7) is 4.30. The van der Waals surface area contributed by atoms with Crippen molar-refractivity contribution in [3.63, 3.8) is 0 Å². The van der Waals surface area contributed by atoms with Gasteiger partial charge in [0.2, 0.25) is 5.91 Å². The summed E-state index contributed by atoms with van der Waals surface area (Å²) in [7, 11) is 0. The molecule has 1 amide bonds. The number of benzene rings is 1. The number of β-amino-alcohol motifs (C(OH)–C–C–N with tert-alkyl or cyclic N) is 1. The molecule has 0 atom stereocenters. The molecule has 0 unspecified atom stereocenters. The number of aliphatic hydroxyl groups is 1. The lowest BCUT2D eigenvalue weighted by atomic mass is 10.4. The number of halogens is 1. The Kier molecular flexibility index (Phi) is 7.03. The molecule has 0 saturated carbocycles. The zero-order valence-corrected chi connectivity index (χ0v) is 14.4. The highest BCUT2D eigenvalue weighted by molar-refractivity contribution is 9.10. The highest BCUT2D eigenvalue weighted by Gasteiger charge is 2.18. The maximum absolute atomic E-state index is 12.3. The van der Waals surface area contributed by atoms with E-state index >= 15 is 0 Å². The summed E-state index contributed by atoms with van der Waals surface area (Å²) < 4.78 is 1.05. The third-order valence-electron chi connectivity index (χ3n) is 3.53. The third-order valence-corrected chi connectivity index (χ3v) is 5.06. The Morgan fingerprint density at radius 3 is 2.67 bits per heavy atom. The lowest BCUT2D eigenvalue weighted by Crippen LogP contribution is -2.36. The second kappa shape index (κ2) is 8.78. The predicted molar refractivity (Wildman–Crippen MR) is 89.6 cm³/mol. The lowest BCUT2D eigenvalue weighted by molar-refractivity contribution is -0.128. The van der Waals surface area contributed by atoms with Crippen LogP contribution in [0.2, 0.25) is 0 Å². The van der Waals surface area contributed by atoms with E-state index in [0.29, 0.717) is 12.3 Å². The maximum Gasteiger partial charge on any atom is 0.232 e. The fraction of sp³-hybridized carbons (Fsp3) is 0.533. The smallest absolute Gasteiger partial charge is 0.232 e. The summed E-state index contributed by atoms with van der Waals surface area (Å²) in [4.78, 5) is 17.6. The highest BCUT2D eigenvalue weighted by atomic mass is 79.9. The molecule has 1 N–H and O–H groups in total. The summed E-state index contributed by atoms with van der Waals surface area (Å²) in [5, 5.41) is 8.99. The van der Waals surface area contributed by atoms with Crippen LogP contribution in [-0.4, -0.2) is 65.9 Å². The number of carbonyl (C=O) groups excluding carboxylic acids is 1. The Bertz CT molecular complexity index is 455. The molecular weight excluding hydrogens is 352 g/mol. The van der Waals surface area contributed by atoms with Crippen molar-refractivity contribution >= 4 is 33.6 Å². The van der Waals surface area contributed by atoms with Gasteiger partial charge in [-0.1, -0.05) is 15.9 Å². The van der Waals surface area contributed by atoms with Crippen molar-refractivity contribution in [1.82, 2.24) is 9.80 Å². The maximum atomic E-state index is 12.3. The first kappa shape index (κ1) is 16.8. The van der Waals surface area contributed by atoms with Crippen molar-refractivity contribution in [3.05, 3.63) is 28.7 Å². The average molecular weight is 373 g/mol. The Balaban J connectivity index is 1.79. The van der Waals surface area contributed by atoms with Gasteiger partial charge in [0.25, 0.3) is 0 Å². The van der Waals surface area contributed by atoms with E-state index in [-0.39, 0.29) is 12.5 Å². The van der Waals surface area contributed by atoms with E-state index in [1.807, 2.05) is 29.2 Å². The van der Waals surface area contributed by atoms with E-state index in [1.165, 1.54) is 0 Å². The first-order valence-corrected chi connectivity index (χ1v) is 8.96. The van der Waals surface area contributed by atoms with Gasteiger partial charge in [0, 0.05) is 35.5 Å². The molecule has 1 saturated heterocycles. The molecule has 6 heteroatoms. The predicted octanol–water partition coefficient (Wildman–Crippen LogP) is 2.07. The van der Waals surface area contributed by atoms with Crippen LogP contribution in [0.4, 0.5) is 0 Å². The van der Waals surface area contributed by atoms with Crippen molar-refractivity contribution in [2.75, 3.05) is 45.1 Å². The molecule has 0 radical (unpaired) electrons. The van der Waals surface area contributed by atoms with Crippen LogP contribution in [0.3, 0.4) is 0 Å². The van der Waals surface area contributed by atoms with Crippen molar-refractivity contribution < 1.29 is 9.90 Å². The number of rotatable bonds is 5. The minimum absolute atomic E-state index is 0.188. The van der Waals surface area contributed by atoms with Crippen molar-refractivity contribution in [2.45, 2.75) is 11.3 Å². The number of hydrogen-bond acceptors (Lipinski definition) is 4. The van der Waals surface area contributed by atoms with Gasteiger partial charge in [0.1, 0.15) is 0 Å². The molecule has 1 heterocycles. The molecule has 0 spiro atoms. The molecule has 1 aromatic carbocycles. The zero-order chi connectivity index (χ0) is 15.1. The first-order valence-electron chi connectivity index (χ1n) is 7.18. The normalized spacial score (nSPS) is 16.8. The molecule has 1 aromatic rings. The van der Waals surface area contributed by atoms with Crippen molar-refractivity contribution in [2.24, 2.45) is 0 Å². The summed E-state index contributed by atoms with van der Waals surface area (Å²) in [5.74, 6) is 0.690. The molecule has 4 nitrogen and oxygen atoms in total. The molecule has 0 aromatic heterocycles. The van der Waals surface area contributed by atoms with Gasteiger partial charge in [0.05, 0.1) is 12.4 Å². The Hall–Kier alpha value is -0.560. The molecule has 1 fully saturated rings. The van der Waals surface area contributed by atoms with Crippen LogP contribution in [0.1, 0.15) is 6.42 Å². The fourth-order valence-corrected chi connectivity index (χ4v) is 3.42. The summed E-state index contributed by atoms with van der Waals surface area (Å²) >= 11 is 4.99. The van der Waals surface area contributed by atoms with Crippen LogP contribution in [0.25, 0.3) is 0 Å². The number of carbonyl (C=O) groups is 1. The molecule has 1 aliphatic rings. The van der Waals surface area contributed by atoms with Crippen LogP contribution in [-0.2, 0) is 4.79 Å². The fourth-order valence-electron chi connectivity index (χ4n) is 2.35. The van der Waals surface area contributed by atoms with Crippen molar-refractivity contribution in [3.8, 4) is 0 Å². The van der Waals surface area contributed by atoms with Gasteiger partial charge in [0.15, 0.2) is 0 Å². The second-order valence-corrected chi connectivity index (χ2v) is 7.01. The van der Waals surface area contributed by atoms with E-state index in [9.17, 15) is 4.79 Å². The van der Waals surface area contributed by atoms with Crippen LogP contribution in [0, 0.1) is 0 Å². The number of amides is 1. The van der Waals surface area contributed by atoms with E-state index in [0.717, 1.165) is 42.0 Å². The van der Waals surface area contributed by atoms with Crippen LogP contribution in [0.15, 0.2) is 33.6 Å². The topological polar surface area (TPSA) is 43.8 Å². The Morgan fingerprint density at radius 1 is 1.19 bits per heavy atom. The van der Waals surface area contributed by atoms with Gasteiger partial charge < -0.3 is 10.0 Å². The monoisotopic (exact) mass is 372 g/mol. The Morgan fingerprint density at radius 2 is 1.95 bits per heavy atom. The molecular formula is C15H21BrN2O2S. The molecule has 0 aliphatic carbocycles. The third kappa shape index (κ3) is 5.62. The standard InChI is InChI=1S/C15H21BrN2O2S/c16-13-2-4-14(5-3-13)21-12-15(20)18-7-1-6-17(8-9-18)10-11-19/h2-5,19H,1,6-12H2. The van der Waals surface area contributed by atoms with E-state index in [1.54, 1.807) is 11.8 Å². The zero-order valence-electron chi connectivity index (χ0n) is 12.0. The minimum Gasteiger partial charge on any atom is -0.395 e. The quantitative estimate of drug-likeness (QED) is 0.803. The van der Waals surface area contributed by atoms with Gasteiger partial charge in [-0.05, 0) is 37.2 Å².